The first-order valence-corrected chi connectivity index (χ1v) is 7.46. The van der Waals surface area contributed by atoms with E-state index in [1.165, 1.54) is 17.8 Å². The van der Waals surface area contributed by atoms with Gasteiger partial charge in [0.15, 0.2) is 0 Å². The minimum Gasteiger partial charge on any atom is -0.381 e. The van der Waals surface area contributed by atoms with Crippen molar-refractivity contribution in [2.45, 2.75) is 20.4 Å². The molecule has 5 heteroatoms. The Bertz CT molecular complexity index is 605. The van der Waals surface area contributed by atoms with Crippen LogP contribution in [0.2, 0.25) is 0 Å². The number of nitro benzene ring substituents is 1. The number of anilines is 2. The number of nitrogens with zero attached hydrogens (tertiary/aromatic N) is 2. The number of nitro groups is 1. The molecule has 0 aliphatic carbocycles. The van der Waals surface area contributed by atoms with Crippen LogP contribution < -0.4 is 10.2 Å². The lowest BCUT2D eigenvalue weighted by atomic mass is 10.2. The van der Waals surface area contributed by atoms with E-state index in [9.17, 15) is 10.1 Å². The fraction of sp³-hybridized carbons (Fsp3) is 0.294. The Morgan fingerprint density at radius 3 is 2.09 bits per heavy atom. The highest BCUT2D eigenvalue weighted by Gasteiger charge is 2.04. The molecule has 0 aliphatic heterocycles. The number of rotatable bonds is 7. The third-order valence-corrected chi connectivity index (χ3v) is 3.64. The summed E-state index contributed by atoms with van der Waals surface area (Å²) in [5.74, 6) is 0. The number of nitrogens with one attached hydrogen (secondary N) is 1. The van der Waals surface area contributed by atoms with Crippen LogP contribution in [0.5, 0.6) is 0 Å². The molecule has 22 heavy (non-hydrogen) atoms. The number of benzene rings is 2. The summed E-state index contributed by atoms with van der Waals surface area (Å²) in [4.78, 5) is 12.5. The van der Waals surface area contributed by atoms with Gasteiger partial charge in [-0.1, -0.05) is 12.1 Å². The molecule has 0 aliphatic rings. The van der Waals surface area contributed by atoms with Crippen LogP contribution in [0.4, 0.5) is 17.1 Å². The molecule has 0 unspecified atom stereocenters. The van der Waals surface area contributed by atoms with Crippen molar-refractivity contribution in [2.24, 2.45) is 0 Å². The van der Waals surface area contributed by atoms with E-state index in [1.807, 2.05) is 0 Å². The minimum atomic E-state index is -0.386. The predicted octanol–water partition coefficient (Wildman–Crippen LogP) is 4.05. The van der Waals surface area contributed by atoms with Crippen molar-refractivity contribution in [2.75, 3.05) is 23.3 Å². The monoisotopic (exact) mass is 299 g/mol. The van der Waals surface area contributed by atoms with Crippen LogP contribution in [0.25, 0.3) is 0 Å². The van der Waals surface area contributed by atoms with E-state index >= 15 is 0 Å². The quantitative estimate of drug-likeness (QED) is 0.619. The number of hydrogen-bond donors (Lipinski definition) is 1. The van der Waals surface area contributed by atoms with Gasteiger partial charge in [-0.05, 0) is 43.7 Å². The molecule has 0 aromatic heterocycles. The maximum Gasteiger partial charge on any atom is 0.269 e. The molecule has 0 fully saturated rings. The van der Waals surface area contributed by atoms with Crippen molar-refractivity contribution < 1.29 is 4.92 Å². The smallest absolute Gasteiger partial charge is 0.269 e. The van der Waals surface area contributed by atoms with Gasteiger partial charge < -0.3 is 10.2 Å². The molecule has 0 amide bonds. The normalized spacial score (nSPS) is 10.3. The first-order valence-electron chi connectivity index (χ1n) is 7.46. The van der Waals surface area contributed by atoms with Crippen LogP contribution in [0.3, 0.4) is 0 Å². The van der Waals surface area contributed by atoms with E-state index in [1.54, 1.807) is 12.1 Å². The van der Waals surface area contributed by atoms with Gasteiger partial charge in [0, 0.05) is 43.1 Å². The summed E-state index contributed by atoms with van der Waals surface area (Å²) >= 11 is 0. The van der Waals surface area contributed by atoms with Crippen molar-refractivity contribution in [1.82, 2.24) is 0 Å². The van der Waals surface area contributed by atoms with Crippen molar-refractivity contribution >= 4 is 17.1 Å². The Morgan fingerprint density at radius 1 is 1.00 bits per heavy atom. The zero-order valence-electron chi connectivity index (χ0n) is 13.0. The molecule has 116 valence electrons. The molecular weight excluding hydrogens is 278 g/mol. The Hall–Kier alpha value is -2.56. The summed E-state index contributed by atoms with van der Waals surface area (Å²) in [5, 5.41) is 13.9. The van der Waals surface area contributed by atoms with Crippen molar-refractivity contribution in [3.63, 3.8) is 0 Å². The van der Waals surface area contributed by atoms with E-state index in [0.717, 1.165) is 24.3 Å². The van der Waals surface area contributed by atoms with Crippen LogP contribution in [-0.4, -0.2) is 18.0 Å². The molecule has 5 nitrogen and oxygen atoms in total. The van der Waals surface area contributed by atoms with Crippen molar-refractivity contribution in [1.29, 1.82) is 0 Å². The van der Waals surface area contributed by atoms with E-state index in [4.69, 9.17) is 0 Å². The first-order chi connectivity index (χ1) is 10.6. The summed E-state index contributed by atoms with van der Waals surface area (Å²) in [5.41, 5.74) is 3.38. The molecule has 1 N–H and O–H groups in total. The highest BCUT2D eigenvalue weighted by atomic mass is 16.6. The van der Waals surface area contributed by atoms with E-state index in [0.29, 0.717) is 6.54 Å². The van der Waals surface area contributed by atoms with Gasteiger partial charge in [-0.3, -0.25) is 10.1 Å². The summed E-state index contributed by atoms with van der Waals surface area (Å²) in [6.45, 7) is 6.91. The van der Waals surface area contributed by atoms with Crippen molar-refractivity contribution in [3.05, 3.63) is 64.2 Å². The van der Waals surface area contributed by atoms with E-state index in [2.05, 4.69) is 48.3 Å². The molecule has 0 atom stereocenters. The van der Waals surface area contributed by atoms with Crippen LogP contribution in [0, 0.1) is 10.1 Å². The summed E-state index contributed by atoms with van der Waals surface area (Å²) in [6, 6.07) is 14.9. The van der Waals surface area contributed by atoms with Gasteiger partial charge in [-0.15, -0.1) is 0 Å². The second-order valence-electron chi connectivity index (χ2n) is 5.00. The fourth-order valence-corrected chi connectivity index (χ4v) is 2.32. The lowest BCUT2D eigenvalue weighted by Gasteiger charge is -2.21. The van der Waals surface area contributed by atoms with E-state index < -0.39 is 0 Å². The van der Waals surface area contributed by atoms with Crippen molar-refractivity contribution in [3.8, 4) is 0 Å². The maximum absolute atomic E-state index is 10.6. The topological polar surface area (TPSA) is 58.4 Å². The van der Waals surface area contributed by atoms with Crippen LogP contribution in [0.1, 0.15) is 19.4 Å². The average molecular weight is 299 g/mol. The van der Waals surface area contributed by atoms with E-state index in [-0.39, 0.29) is 10.6 Å². The highest BCUT2D eigenvalue weighted by molar-refractivity contribution is 5.55. The SMILES string of the molecule is CCN(CC)c1ccc(NCc2ccc([N+](=O)[O-])cc2)cc1. The second kappa shape index (κ2) is 7.45. The van der Waals surface area contributed by atoms with Gasteiger partial charge in [0.05, 0.1) is 4.92 Å². The third kappa shape index (κ3) is 3.97. The Labute approximate surface area is 130 Å². The van der Waals surface area contributed by atoms with Crippen LogP contribution in [0.15, 0.2) is 48.5 Å². The van der Waals surface area contributed by atoms with Gasteiger partial charge in [0.2, 0.25) is 0 Å². The number of non-ortho nitro benzene ring substituents is 1. The molecular formula is C17H21N3O2. The molecule has 0 heterocycles. The number of hydrogen-bond acceptors (Lipinski definition) is 4. The molecule has 0 saturated carbocycles. The van der Waals surface area contributed by atoms with Crippen LogP contribution >= 0.6 is 0 Å². The second-order valence-corrected chi connectivity index (χ2v) is 5.00. The summed E-state index contributed by atoms with van der Waals surface area (Å²) in [6.07, 6.45) is 0. The summed E-state index contributed by atoms with van der Waals surface area (Å²) < 4.78 is 0. The molecule has 0 bridgehead atoms. The van der Waals surface area contributed by atoms with Crippen LogP contribution in [-0.2, 0) is 6.54 Å². The first kappa shape index (κ1) is 15.8. The Kier molecular flexibility index (Phi) is 5.36. The molecule has 2 rings (SSSR count). The molecule has 0 radical (unpaired) electrons. The van der Waals surface area contributed by atoms with Gasteiger partial charge in [-0.2, -0.15) is 0 Å². The zero-order chi connectivity index (χ0) is 15.9. The Morgan fingerprint density at radius 2 is 1.59 bits per heavy atom. The maximum atomic E-state index is 10.6. The summed E-state index contributed by atoms with van der Waals surface area (Å²) in [7, 11) is 0. The highest BCUT2D eigenvalue weighted by Crippen LogP contribution is 2.19. The Balaban J connectivity index is 1.95. The van der Waals surface area contributed by atoms with Gasteiger partial charge in [0.25, 0.3) is 5.69 Å². The molecule has 0 spiro atoms. The fourth-order valence-electron chi connectivity index (χ4n) is 2.32. The average Bonchev–Trinajstić information content (AvgIpc) is 2.55. The largest absolute Gasteiger partial charge is 0.381 e. The molecule has 2 aromatic carbocycles. The van der Waals surface area contributed by atoms with Gasteiger partial charge in [-0.25, -0.2) is 0 Å². The van der Waals surface area contributed by atoms with Gasteiger partial charge >= 0.3 is 0 Å². The zero-order valence-corrected chi connectivity index (χ0v) is 13.0. The lowest BCUT2D eigenvalue weighted by Crippen LogP contribution is -2.21. The predicted molar refractivity (Wildman–Crippen MR) is 90.4 cm³/mol. The molecule has 2 aromatic rings. The standard InChI is InChI=1S/C17H21N3O2/c1-3-19(4-2)16-11-7-15(8-12-16)18-13-14-5-9-17(10-6-14)20(21)22/h5-12,18H,3-4,13H2,1-2H3. The minimum absolute atomic E-state index is 0.118. The molecule has 0 saturated heterocycles. The lowest BCUT2D eigenvalue weighted by molar-refractivity contribution is -0.384. The van der Waals surface area contributed by atoms with Gasteiger partial charge in [0.1, 0.15) is 0 Å². The third-order valence-electron chi connectivity index (χ3n) is 3.64.